The van der Waals surface area contributed by atoms with E-state index in [1.807, 2.05) is 19.9 Å². The average Bonchev–Trinajstić information content (AvgIpc) is 2.14. The maximum absolute atomic E-state index is 13.5. The largest absolute Gasteiger partial charge is 0.306 e. The first-order valence-corrected chi connectivity index (χ1v) is 5.62. The minimum absolute atomic E-state index is 0.00481. The summed E-state index contributed by atoms with van der Waals surface area (Å²) in [5.74, 6) is -0.189. The Bertz CT molecular complexity index is 363. The van der Waals surface area contributed by atoms with Crippen LogP contribution >= 0.6 is 15.9 Å². The highest BCUT2D eigenvalue weighted by molar-refractivity contribution is 9.10. The zero-order chi connectivity index (χ0) is 11.4. The standard InChI is InChI=1S/C12H15BrFN/c1-8(2)7-15-9(3)11-5-4-10(13)6-12(11)14/h4-6,9,15H,1,7H2,2-3H3. The fraction of sp³-hybridized carbons (Fsp3) is 0.333. The SMILES string of the molecule is C=C(C)CNC(C)c1ccc(Br)cc1F. The lowest BCUT2D eigenvalue weighted by atomic mass is 10.1. The summed E-state index contributed by atoms with van der Waals surface area (Å²) in [6.07, 6.45) is 0. The fourth-order valence-electron chi connectivity index (χ4n) is 1.29. The Balaban J connectivity index is 2.73. The van der Waals surface area contributed by atoms with Gasteiger partial charge in [-0.2, -0.15) is 0 Å². The van der Waals surface area contributed by atoms with Crippen molar-refractivity contribution in [2.45, 2.75) is 19.9 Å². The molecule has 0 aliphatic rings. The third-order valence-electron chi connectivity index (χ3n) is 2.14. The Morgan fingerprint density at radius 2 is 2.27 bits per heavy atom. The second-order valence-electron chi connectivity index (χ2n) is 3.73. The smallest absolute Gasteiger partial charge is 0.129 e. The highest BCUT2D eigenvalue weighted by atomic mass is 79.9. The first-order chi connectivity index (χ1) is 7.00. The van der Waals surface area contributed by atoms with Gasteiger partial charge in [-0.1, -0.05) is 34.1 Å². The number of hydrogen-bond acceptors (Lipinski definition) is 1. The van der Waals surface area contributed by atoms with E-state index in [0.717, 1.165) is 10.0 Å². The maximum Gasteiger partial charge on any atom is 0.129 e. The van der Waals surface area contributed by atoms with Crippen molar-refractivity contribution in [2.24, 2.45) is 0 Å². The molecule has 1 atom stereocenters. The summed E-state index contributed by atoms with van der Waals surface area (Å²) in [5.41, 5.74) is 1.72. The molecule has 1 aromatic carbocycles. The molecule has 1 rings (SSSR count). The molecule has 0 fully saturated rings. The zero-order valence-electron chi connectivity index (χ0n) is 8.98. The minimum atomic E-state index is -0.189. The molecule has 0 saturated carbocycles. The molecule has 0 aliphatic heterocycles. The fourth-order valence-corrected chi connectivity index (χ4v) is 1.62. The van der Waals surface area contributed by atoms with Crippen molar-refractivity contribution in [1.82, 2.24) is 5.32 Å². The second kappa shape index (κ2) is 5.42. The molecule has 82 valence electrons. The van der Waals surface area contributed by atoms with Crippen molar-refractivity contribution in [3.05, 3.63) is 46.2 Å². The van der Waals surface area contributed by atoms with Crippen molar-refractivity contribution in [1.29, 1.82) is 0 Å². The van der Waals surface area contributed by atoms with E-state index in [-0.39, 0.29) is 11.9 Å². The Kier molecular flexibility index (Phi) is 4.48. The van der Waals surface area contributed by atoms with E-state index in [4.69, 9.17) is 0 Å². The topological polar surface area (TPSA) is 12.0 Å². The molecule has 0 aromatic heterocycles. The van der Waals surface area contributed by atoms with Crippen LogP contribution in [-0.4, -0.2) is 6.54 Å². The summed E-state index contributed by atoms with van der Waals surface area (Å²) in [6, 6.07) is 5.11. The van der Waals surface area contributed by atoms with Crippen LogP contribution in [0.15, 0.2) is 34.8 Å². The molecule has 1 aromatic rings. The van der Waals surface area contributed by atoms with Gasteiger partial charge in [0.05, 0.1) is 0 Å². The van der Waals surface area contributed by atoms with Crippen LogP contribution in [0, 0.1) is 5.82 Å². The molecule has 1 N–H and O–H groups in total. The molecule has 0 radical (unpaired) electrons. The van der Waals surface area contributed by atoms with Crippen LogP contribution < -0.4 is 5.32 Å². The molecular formula is C12H15BrFN. The van der Waals surface area contributed by atoms with Crippen LogP contribution in [0.25, 0.3) is 0 Å². The van der Waals surface area contributed by atoms with Crippen LogP contribution in [0.1, 0.15) is 25.5 Å². The van der Waals surface area contributed by atoms with Crippen LogP contribution in [0.5, 0.6) is 0 Å². The van der Waals surface area contributed by atoms with Crippen molar-refractivity contribution in [2.75, 3.05) is 6.54 Å². The molecule has 0 heterocycles. The van der Waals surface area contributed by atoms with E-state index in [2.05, 4.69) is 27.8 Å². The Morgan fingerprint density at radius 3 is 2.80 bits per heavy atom. The lowest BCUT2D eigenvalue weighted by molar-refractivity contribution is 0.544. The molecule has 15 heavy (non-hydrogen) atoms. The van der Waals surface area contributed by atoms with Gasteiger partial charge >= 0.3 is 0 Å². The predicted octanol–water partition coefficient (Wildman–Crippen LogP) is 3.81. The highest BCUT2D eigenvalue weighted by Crippen LogP contribution is 2.20. The summed E-state index contributed by atoms with van der Waals surface area (Å²) in [5, 5.41) is 3.20. The molecule has 3 heteroatoms. The second-order valence-corrected chi connectivity index (χ2v) is 4.64. The minimum Gasteiger partial charge on any atom is -0.306 e. The van der Waals surface area contributed by atoms with E-state index in [0.29, 0.717) is 12.1 Å². The van der Waals surface area contributed by atoms with Crippen molar-refractivity contribution < 1.29 is 4.39 Å². The molecule has 0 bridgehead atoms. The molecule has 0 spiro atoms. The van der Waals surface area contributed by atoms with Gasteiger partial charge in [0.15, 0.2) is 0 Å². The van der Waals surface area contributed by atoms with Gasteiger partial charge in [0.1, 0.15) is 5.82 Å². The number of halogens is 2. The summed E-state index contributed by atoms with van der Waals surface area (Å²) >= 11 is 3.23. The molecule has 0 saturated heterocycles. The van der Waals surface area contributed by atoms with Crippen molar-refractivity contribution in [3.8, 4) is 0 Å². The molecule has 0 amide bonds. The van der Waals surface area contributed by atoms with Crippen LogP contribution in [0.4, 0.5) is 4.39 Å². The van der Waals surface area contributed by atoms with E-state index >= 15 is 0 Å². The maximum atomic E-state index is 13.5. The first kappa shape index (κ1) is 12.4. The molecular weight excluding hydrogens is 257 g/mol. The molecule has 1 nitrogen and oxygen atoms in total. The molecule has 0 aliphatic carbocycles. The van der Waals surface area contributed by atoms with Crippen LogP contribution in [0.2, 0.25) is 0 Å². The van der Waals surface area contributed by atoms with Crippen molar-refractivity contribution >= 4 is 15.9 Å². The number of hydrogen-bond donors (Lipinski definition) is 1. The summed E-state index contributed by atoms with van der Waals surface area (Å²) in [7, 11) is 0. The lowest BCUT2D eigenvalue weighted by Crippen LogP contribution is -2.21. The van der Waals surface area contributed by atoms with Gasteiger partial charge in [-0.25, -0.2) is 4.39 Å². The van der Waals surface area contributed by atoms with Gasteiger partial charge in [0.2, 0.25) is 0 Å². The Morgan fingerprint density at radius 1 is 1.60 bits per heavy atom. The summed E-state index contributed by atoms with van der Waals surface area (Å²) in [4.78, 5) is 0. The average molecular weight is 272 g/mol. The third kappa shape index (κ3) is 3.76. The molecule has 1 unspecified atom stereocenters. The Labute approximate surface area is 98.5 Å². The van der Waals surface area contributed by atoms with Gasteiger partial charge in [-0.3, -0.25) is 0 Å². The highest BCUT2D eigenvalue weighted by Gasteiger charge is 2.10. The quantitative estimate of drug-likeness (QED) is 0.822. The van der Waals surface area contributed by atoms with Gasteiger partial charge in [0, 0.05) is 22.6 Å². The van der Waals surface area contributed by atoms with Crippen LogP contribution in [-0.2, 0) is 0 Å². The summed E-state index contributed by atoms with van der Waals surface area (Å²) < 4.78 is 14.3. The van der Waals surface area contributed by atoms with Crippen molar-refractivity contribution in [3.63, 3.8) is 0 Å². The van der Waals surface area contributed by atoms with E-state index < -0.39 is 0 Å². The van der Waals surface area contributed by atoms with E-state index in [1.165, 1.54) is 6.07 Å². The normalized spacial score (nSPS) is 12.5. The van der Waals surface area contributed by atoms with Gasteiger partial charge < -0.3 is 5.32 Å². The Hall–Kier alpha value is -0.670. The first-order valence-electron chi connectivity index (χ1n) is 4.83. The lowest BCUT2D eigenvalue weighted by Gasteiger charge is -2.15. The van der Waals surface area contributed by atoms with E-state index in [9.17, 15) is 4.39 Å². The summed E-state index contributed by atoms with van der Waals surface area (Å²) in [6.45, 7) is 8.38. The number of nitrogens with one attached hydrogen (secondary N) is 1. The van der Waals surface area contributed by atoms with Gasteiger partial charge in [-0.05, 0) is 26.0 Å². The number of benzene rings is 1. The van der Waals surface area contributed by atoms with Crippen LogP contribution in [0.3, 0.4) is 0 Å². The van der Waals surface area contributed by atoms with Gasteiger partial charge in [0.25, 0.3) is 0 Å². The monoisotopic (exact) mass is 271 g/mol. The van der Waals surface area contributed by atoms with E-state index in [1.54, 1.807) is 6.07 Å². The number of rotatable bonds is 4. The zero-order valence-corrected chi connectivity index (χ0v) is 10.6. The third-order valence-corrected chi connectivity index (χ3v) is 2.63. The van der Waals surface area contributed by atoms with Gasteiger partial charge in [-0.15, -0.1) is 0 Å². The predicted molar refractivity (Wildman–Crippen MR) is 65.3 cm³/mol.